The number of esters is 2. The number of hydrogen-bond acceptors (Lipinski definition) is 15. The first kappa shape index (κ1) is 74.1. The summed E-state index contributed by atoms with van der Waals surface area (Å²) < 4.78 is 13.0. The average molecular weight is 1510 g/mol. The molecule has 8 aromatic carbocycles. The highest BCUT2D eigenvalue weighted by atomic mass is 28.3. The van der Waals surface area contributed by atoms with Crippen LogP contribution in [0.4, 0.5) is 34.1 Å². The molecule has 562 valence electrons. The molecule has 8 aromatic rings. The molecular weight excluding hydrogens is 1410 g/mol. The molecule has 0 bridgehead atoms. The lowest BCUT2D eigenvalue weighted by atomic mass is 9.78. The summed E-state index contributed by atoms with van der Waals surface area (Å²) in [6.07, 6.45) is 13.6. The average Bonchev–Trinajstić information content (AvgIpc) is 1.64. The zero-order valence-electron chi connectivity index (χ0n) is 64.8. The molecule has 3 amide bonds. The number of carbonyl (C=O) groups is 7. The zero-order valence-corrected chi connectivity index (χ0v) is 67.8. The number of ether oxygens (including phenoxy) is 2. The number of nitrogens with zero attached hydrogens (tertiary/aromatic N) is 7. The van der Waals surface area contributed by atoms with E-state index in [0.717, 1.165) is 84.2 Å². The van der Waals surface area contributed by atoms with Crippen LogP contribution in [0.1, 0.15) is 149 Å². The number of imide groups is 1. The van der Waals surface area contributed by atoms with Gasteiger partial charge in [-0.15, -0.1) is 0 Å². The van der Waals surface area contributed by atoms with Crippen LogP contribution >= 0.6 is 0 Å². The summed E-state index contributed by atoms with van der Waals surface area (Å²) in [7, 11) is 18.5. The standard InChI is InChI=1S/C36H38N4O5Si.C30H32N2O4Si.C22H28N2OSi/c1-38(2)24-9-12-28-30(21-24)46(18-6-5-7-19-46)31-22-25(39(3)4)10-13-29(31)36(28)27-11-8-23(20-26(27)35(44)45-36)34(43)37-16-17-40-32(41)14-15-33(40)42;1-31(2)20-9-12-24-26(17-20)37(14-6-5-7-15-37)27-18-21(32(3)4)10-13-25(27)30(24)23-11-8-19(28(33)34)16-22(23)29(35)36-30;1-23(2)16-8-10-18-20(14-16)26(12-6-5-7-13-26)21-15-17(24(3)4)9-11-19(21)22(18)25/h8-15,20-22H,5-7,16-19H2,1-4H3,(H,37,43);8-13,16-18H,5-7,14-15H2,1-4H3,(H,33,34);8-11,14-15H,5-7,12-13H2,1-4H3. The van der Waals surface area contributed by atoms with Gasteiger partial charge in [0, 0.05) is 194 Å². The van der Waals surface area contributed by atoms with Gasteiger partial charge in [0.2, 0.25) is 0 Å². The van der Waals surface area contributed by atoms with Crippen molar-refractivity contribution in [1.82, 2.24) is 10.2 Å². The van der Waals surface area contributed by atoms with E-state index in [-0.39, 0.29) is 24.4 Å². The lowest BCUT2D eigenvalue weighted by Crippen LogP contribution is -2.67. The molecule has 0 radical (unpaired) electrons. The van der Waals surface area contributed by atoms with Gasteiger partial charge in [-0.2, -0.15) is 0 Å². The second-order valence-corrected chi connectivity index (χ2v) is 45.1. The van der Waals surface area contributed by atoms with E-state index < -0.39 is 71.1 Å². The fourth-order valence-corrected chi connectivity index (χ4v) is 36.5. The largest absolute Gasteiger partial charge is 0.478 e. The minimum atomic E-state index is -2.23. The second kappa shape index (κ2) is 28.3. The van der Waals surface area contributed by atoms with Crippen molar-refractivity contribution in [3.05, 3.63) is 225 Å². The molecule has 3 saturated heterocycles. The van der Waals surface area contributed by atoms with Crippen LogP contribution in [0.15, 0.2) is 158 Å². The number of fused-ring (bicyclic) bond motifs is 20. The van der Waals surface area contributed by atoms with Gasteiger partial charge in [-0.25, -0.2) is 14.4 Å². The highest BCUT2D eigenvalue weighted by Gasteiger charge is 2.61. The van der Waals surface area contributed by atoms with Gasteiger partial charge in [0.25, 0.3) is 17.7 Å². The number of rotatable bonds is 11. The summed E-state index contributed by atoms with van der Waals surface area (Å²) in [5, 5.41) is 20.5. The molecular formula is C88H98N8O10Si3. The second-order valence-electron chi connectivity index (χ2n) is 32.4. The van der Waals surface area contributed by atoms with Crippen LogP contribution in [0.25, 0.3) is 0 Å². The Labute approximate surface area is 642 Å². The van der Waals surface area contributed by atoms with Crippen LogP contribution in [0, 0.1) is 0 Å². The Bertz CT molecular complexity index is 4940. The Morgan fingerprint density at radius 2 is 0.670 bits per heavy atom. The third-order valence-corrected chi connectivity index (χ3v) is 41.0. The van der Waals surface area contributed by atoms with Crippen molar-refractivity contribution >= 4 is 131 Å². The highest BCUT2D eigenvalue weighted by molar-refractivity contribution is 7.05. The van der Waals surface area contributed by atoms with Crippen molar-refractivity contribution in [2.24, 2.45) is 0 Å². The quantitative estimate of drug-likeness (QED) is 0.0705. The SMILES string of the molecule is CN(C)c1ccc2c(c1)[Si]1(CCCCC1)c1cc(N(C)C)ccc1C21OC(=O)c2cc(C(=O)NCCN3C(=O)C=CC3=O)ccc21.CN(C)c1ccc2c(c1)[Si]1(CCCCC1)c1cc(N(C)C)ccc1C21OC(=O)c2cc(C(=O)O)ccc21.CN(C)c1ccc2c(c1)[Si]1(CCCCC1)c1cc(N(C)C)ccc1C2=O. The summed E-state index contributed by atoms with van der Waals surface area (Å²) >= 11 is 0. The molecule has 0 atom stereocenters. The third kappa shape index (κ3) is 12.0. The van der Waals surface area contributed by atoms with Gasteiger partial charge in [0.05, 0.1) is 16.7 Å². The summed E-state index contributed by atoms with van der Waals surface area (Å²) in [5.74, 6) is -2.96. The lowest BCUT2D eigenvalue weighted by molar-refractivity contribution is -0.136. The normalized spacial score (nSPS) is 18.1. The molecule has 21 heteroatoms. The van der Waals surface area contributed by atoms with Crippen molar-refractivity contribution in [2.45, 2.75) is 105 Å². The van der Waals surface area contributed by atoms with Crippen molar-refractivity contribution in [3.8, 4) is 0 Å². The fourth-order valence-electron chi connectivity index (χ4n) is 19.5. The lowest BCUT2D eigenvalue weighted by Gasteiger charge is -2.48. The first-order chi connectivity index (χ1) is 52.2. The summed E-state index contributed by atoms with van der Waals surface area (Å²) in [4.78, 5) is 103. The maximum Gasteiger partial charge on any atom is 0.340 e. The monoisotopic (exact) mass is 1510 g/mol. The Balaban J connectivity index is 0.000000135. The van der Waals surface area contributed by atoms with Crippen molar-refractivity contribution in [3.63, 3.8) is 0 Å². The molecule has 0 aromatic heterocycles. The number of ketones is 1. The predicted molar refractivity (Wildman–Crippen MR) is 442 cm³/mol. The summed E-state index contributed by atoms with van der Waals surface area (Å²) in [5.41, 5.74) is 13.4. The van der Waals surface area contributed by atoms with Gasteiger partial charge >= 0.3 is 17.9 Å². The molecule has 18 nitrogen and oxygen atoms in total. The highest BCUT2D eigenvalue weighted by Crippen LogP contribution is 2.54. The fraction of sp³-hybridized carbons (Fsp3) is 0.352. The molecule has 3 fully saturated rings. The van der Waals surface area contributed by atoms with E-state index in [2.05, 4.69) is 228 Å². The molecule has 109 heavy (non-hydrogen) atoms. The van der Waals surface area contributed by atoms with Crippen molar-refractivity contribution in [1.29, 1.82) is 0 Å². The molecule has 9 aliphatic heterocycles. The van der Waals surface area contributed by atoms with Crippen LogP contribution in [0.5, 0.6) is 0 Å². The van der Waals surface area contributed by atoms with Crippen LogP contribution < -0.4 is 65.8 Å². The van der Waals surface area contributed by atoms with E-state index in [1.54, 1.807) is 24.3 Å². The number of aromatic carboxylic acids is 1. The number of nitrogens with one attached hydrogen (secondary N) is 1. The van der Waals surface area contributed by atoms with Crippen LogP contribution in [0.2, 0.25) is 36.3 Å². The number of anilines is 6. The smallest absolute Gasteiger partial charge is 0.340 e. The Kier molecular flexibility index (Phi) is 19.2. The van der Waals surface area contributed by atoms with Gasteiger partial charge in [-0.3, -0.25) is 24.1 Å². The zero-order chi connectivity index (χ0) is 77.0. The van der Waals surface area contributed by atoms with Gasteiger partial charge in [0.15, 0.2) is 17.0 Å². The van der Waals surface area contributed by atoms with E-state index in [1.807, 2.05) is 6.07 Å². The molecule has 9 heterocycles. The van der Waals surface area contributed by atoms with Gasteiger partial charge in [-0.1, -0.05) is 94.2 Å². The summed E-state index contributed by atoms with van der Waals surface area (Å²) in [6.45, 7) is 0.162. The molecule has 0 aliphatic carbocycles. The minimum absolute atomic E-state index is 0.0651. The van der Waals surface area contributed by atoms with E-state index in [4.69, 9.17) is 9.47 Å². The first-order valence-electron chi connectivity index (χ1n) is 38.5. The summed E-state index contributed by atoms with van der Waals surface area (Å²) in [6, 6.07) is 56.8. The van der Waals surface area contributed by atoms with Crippen LogP contribution in [-0.4, -0.2) is 173 Å². The van der Waals surface area contributed by atoms with E-state index >= 15 is 0 Å². The Hall–Kier alpha value is -10.4. The number of carbonyl (C=O) groups excluding carboxylic acids is 6. The maximum absolute atomic E-state index is 13.9. The molecule has 2 N–H and O–H groups in total. The number of benzene rings is 8. The number of carboxylic acid groups (broad SMARTS) is 1. The molecule has 17 rings (SSSR count). The maximum atomic E-state index is 13.9. The molecule has 9 aliphatic rings. The number of amides is 3. The van der Waals surface area contributed by atoms with E-state index in [0.29, 0.717) is 16.7 Å². The Morgan fingerprint density at radius 1 is 0.376 bits per heavy atom. The topological polar surface area (TPSA) is 193 Å². The van der Waals surface area contributed by atoms with Crippen molar-refractivity contribution < 1.29 is 48.1 Å². The van der Waals surface area contributed by atoms with Crippen LogP contribution in [0.3, 0.4) is 0 Å². The first-order valence-corrected chi connectivity index (χ1v) is 45.7. The Morgan fingerprint density at radius 3 is 1.00 bits per heavy atom. The van der Waals surface area contributed by atoms with Gasteiger partial charge < -0.3 is 49.3 Å². The number of carboxylic acids is 1. The van der Waals surface area contributed by atoms with Crippen molar-refractivity contribution in [2.75, 3.05) is 127 Å². The minimum Gasteiger partial charge on any atom is -0.478 e. The van der Waals surface area contributed by atoms with E-state index in [9.17, 15) is 38.7 Å². The molecule has 5 spiro atoms. The third-order valence-electron chi connectivity index (χ3n) is 25.1. The van der Waals surface area contributed by atoms with E-state index in [1.165, 1.54) is 143 Å². The predicted octanol–water partition coefficient (Wildman–Crippen LogP) is 10.1. The molecule has 0 saturated carbocycles. The number of hydrogen-bond donors (Lipinski definition) is 2. The molecule has 0 unspecified atom stereocenters. The van der Waals surface area contributed by atoms with Gasteiger partial charge in [-0.05, 0) is 177 Å². The van der Waals surface area contributed by atoms with Crippen LogP contribution in [-0.2, 0) is 30.3 Å². The van der Waals surface area contributed by atoms with Gasteiger partial charge in [0.1, 0.15) is 24.2 Å².